The van der Waals surface area contributed by atoms with Gasteiger partial charge in [-0.3, -0.25) is 4.90 Å². The number of carbonyl (C=O) groups excluding carboxylic acids is 1. The van der Waals surface area contributed by atoms with E-state index in [2.05, 4.69) is 58.3 Å². The Labute approximate surface area is 299 Å². The number of piperidine rings is 1. The van der Waals surface area contributed by atoms with E-state index in [1.165, 1.54) is 17.7 Å². The van der Waals surface area contributed by atoms with Gasteiger partial charge in [0.2, 0.25) is 0 Å². The van der Waals surface area contributed by atoms with Crippen molar-refractivity contribution in [1.29, 1.82) is 0 Å². The zero-order valence-electron chi connectivity index (χ0n) is 29.0. The third-order valence-corrected chi connectivity index (χ3v) is 11.0. The van der Waals surface area contributed by atoms with E-state index in [1.54, 1.807) is 6.07 Å². The standard InChI is InChI=1S/C44H46F2N2O3/c45-40-21-20-32(27-41(40)46)13-10-22-44(50)23-25-47(26-24-44)28-36-29-48(30-39(36)35-14-5-2-6-15-35)42(43(49)51-31-33-11-3-1-4-12-33)38-19-9-17-34-16-7-8-18-37(34)38/h1-9,11-12,14-21,27,36,39,42,50H,10,13,22-26,28-31H2/t36-,39+,42+/m0/s1. The van der Waals surface area contributed by atoms with Crippen LogP contribution in [-0.2, 0) is 22.6 Å². The third kappa shape index (κ3) is 8.39. The van der Waals surface area contributed by atoms with Gasteiger partial charge >= 0.3 is 5.97 Å². The van der Waals surface area contributed by atoms with Crippen LogP contribution in [0.5, 0.6) is 0 Å². The highest BCUT2D eigenvalue weighted by Crippen LogP contribution is 2.41. The molecule has 0 spiro atoms. The van der Waals surface area contributed by atoms with Gasteiger partial charge in [-0.1, -0.05) is 109 Å². The van der Waals surface area contributed by atoms with Crippen LogP contribution in [0.3, 0.4) is 0 Å². The quantitative estimate of drug-likeness (QED) is 0.133. The maximum atomic E-state index is 14.2. The summed E-state index contributed by atoms with van der Waals surface area (Å²) in [4.78, 5) is 19.0. The second-order valence-corrected chi connectivity index (χ2v) is 14.4. The fourth-order valence-electron chi connectivity index (χ4n) is 8.20. The number of nitrogens with zero attached hydrogens (tertiary/aromatic N) is 2. The molecule has 7 heteroatoms. The molecule has 5 aromatic rings. The molecule has 5 nitrogen and oxygen atoms in total. The molecule has 51 heavy (non-hydrogen) atoms. The van der Waals surface area contributed by atoms with E-state index in [0.717, 1.165) is 60.2 Å². The summed E-state index contributed by atoms with van der Waals surface area (Å²) in [6.45, 7) is 4.12. The highest BCUT2D eigenvalue weighted by molar-refractivity contribution is 5.91. The van der Waals surface area contributed by atoms with Crippen LogP contribution in [0.4, 0.5) is 8.78 Å². The lowest BCUT2D eigenvalue weighted by molar-refractivity contribution is -0.151. The molecule has 7 rings (SSSR count). The molecule has 0 unspecified atom stereocenters. The zero-order chi connectivity index (χ0) is 35.2. The number of ether oxygens (including phenoxy) is 1. The Morgan fingerprint density at radius 1 is 0.804 bits per heavy atom. The summed E-state index contributed by atoms with van der Waals surface area (Å²) in [7, 11) is 0. The van der Waals surface area contributed by atoms with Crippen molar-refractivity contribution in [2.75, 3.05) is 32.7 Å². The van der Waals surface area contributed by atoms with Crippen molar-refractivity contribution in [2.24, 2.45) is 5.92 Å². The Morgan fingerprint density at radius 2 is 1.51 bits per heavy atom. The number of esters is 1. The summed E-state index contributed by atoms with van der Waals surface area (Å²) >= 11 is 0. The van der Waals surface area contributed by atoms with Crippen LogP contribution in [0.1, 0.15) is 59.9 Å². The van der Waals surface area contributed by atoms with Crippen LogP contribution >= 0.6 is 0 Å². The summed E-state index contributed by atoms with van der Waals surface area (Å²) in [5.41, 5.74) is 3.17. The van der Waals surface area contributed by atoms with Crippen molar-refractivity contribution in [3.05, 3.63) is 155 Å². The maximum absolute atomic E-state index is 14.2. The maximum Gasteiger partial charge on any atom is 0.328 e. The molecule has 5 aromatic carbocycles. The topological polar surface area (TPSA) is 53.0 Å². The van der Waals surface area contributed by atoms with Crippen molar-refractivity contribution in [3.8, 4) is 0 Å². The van der Waals surface area contributed by atoms with Crippen molar-refractivity contribution in [3.63, 3.8) is 0 Å². The van der Waals surface area contributed by atoms with Gasteiger partial charge in [0.25, 0.3) is 0 Å². The van der Waals surface area contributed by atoms with Gasteiger partial charge in [0, 0.05) is 38.6 Å². The van der Waals surface area contributed by atoms with E-state index in [0.29, 0.717) is 32.1 Å². The number of hydrogen-bond acceptors (Lipinski definition) is 5. The molecule has 0 saturated carbocycles. The van der Waals surface area contributed by atoms with Crippen LogP contribution in [0, 0.1) is 17.6 Å². The van der Waals surface area contributed by atoms with E-state index >= 15 is 0 Å². The Hall–Kier alpha value is -4.43. The van der Waals surface area contributed by atoms with Crippen LogP contribution in [-0.4, -0.2) is 59.2 Å². The highest BCUT2D eigenvalue weighted by atomic mass is 19.2. The number of fused-ring (bicyclic) bond motifs is 1. The Balaban J connectivity index is 1.07. The lowest BCUT2D eigenvalue weighted by Crippen LogP contribution is -2.46. The molecule has 0 amide bonds. The van der Waals surface area contributed by atoms with E-state index in [1.807, 2.05) is 54.6 Å². The molecule has 0 radical (unpaired) electrons. The van der Waals surface area contributed by atoms with Gasteiger partial charge in [-0.2, -0.15) is 0 Å². The molecule has 0 bridgehead atoms. The smallest absolute Gasteiger partial charge is 0.328 e. The lowest BCUT2D eigenvalue weighted by Gasteiger charge is -2.40. The van der Waals surface area contributed by atoms with Crippen LogP contribution in [0.15, 0.2) is 121 Å². The molecular weight excluding hydrogens is 642 g/mol. The molecule has 0 aliphatic carbocycles. The Kier molecular flexibility index (Phi) is 10.9. The van der Waals surface area contributed by atoms with Crippen molar-refractivity contribution < 1.29 is 23.4 Å². The minimum atomic E-state index is -0.836. The third-order valence-electron chi connectivity index (χ3n) is 11.0. The van der Waals surface area contributed by atoms with Crippen molar-refractivity contribution in [2.45, 2.75) is 56.3 Å². The summed E-state index contributed by atoms with van der Waals surface area (Å²) in [5.74, 6) is -1.41. The molecule has 1 N–H and O–H groups in total. The largest absolute Gasteiger partial charge is 0.459 e. The molecule has 264 valence electrons. The van der Waals surface area contributed by atoms with Gasteiger partial charge in [-0.15, -0.1) is 0 Å². The van der Waals surface area contributed by atoms with Crippen LogP contribution < -0.4 is 0 Å². The number of hydrogen-bond donors (Lipinski definition) is 1. The van der Waals surface area contributed by atoms with Crippen molar-refractivity contribution >= 4 is 16.7 Å². The van der Waals surface area contributed by atoms with E-state index in [-0.39, 0.29) is 24.4 Å². The number of aliphatic hydroxyl groups is 1. The fraction of sp³-hybridized carbons (Fsp3) is 0.341. The van der Waals surface area contributed by atoms with Crippen LogP contribution in [0.25, 0.3) is 10.8 Å². The monoisotopic (exact) mass is 688 g/mol. The number of benzene rings is 5. The van der Waals surface area contributed by atoms with Gasteiger partial charge in [-0.05, 0) is 83.2 Å². The van der Waals surface area contributed by atoms with E-state index in [4.69, 9.17) is 4.74 Å². The summed E-state index contributed by atoms with van der Waals surface area (Å²) in [5, 5.41) is 13.6. The predicted octanol–water partition coefficient (Wildman–Crippen LogP) is 8.47. The SMILES string of the molecule is O=C(OCc1ccccc1)[C@@H](c1cccc2ccccc12)N1C[C@H](CN2CCC(O)(CCCc3ccc(F)c(F)c3)CC2)[C@@H](c2ccccc2)C1. The van der Waals surface area contributed by atoms with Gasteiger partial charge in [0.1, 0.15) is 12.6 Å². The first-order valence-electron chi connectivity index (χ1n) is 18.2. The van der Waals surface area contributed by atoms with Crippen LogP contribution in [0.2, 0.25) is 0 Å². The normalized spacial score (nSPS) is 20.0. The molecule has 2 fully saturated rings. The second kappa shape index (κ2) is 15.9. The minimum Gasteiger partial charge on any atom is -0.459 e. The van der Waals surface area contributed by atoms with E-state index < -0.39 is 23.3 Å². The Bertz CT molecular complexity index is 1910. The average molecular weight is 689 g/mol. The molecule has 2 saturated heterocycles. The summed E-state index contributed by atoms with van der Waals surface area (Å²) < 4.78 is 33.1. The predicted molar refractivity (Wildman–Crippen MR) is 197 cm³/mol. The first kappa shape index (κ1) is 35.0. The van der Waals surface area contributed by atoms with Gasteiger partial charge in [-0.25, -0.2) is 13.6 Å². The molecule has 2 aliphatic heterocycles. The number of aryl methyl sites for hydroxylation is 1. The lowest BCUT2D eigenvalue weighted by atomic mass is 9.84. The minimum absolute atomic E-state index is 0.220. The zero-order valence-corrected chi connectivity index (χ0v) is 29.0. The van der Waals surface area contributed by atoms with E-state index in [9.17, 15) is 18.7 Å². The fourth-order valence-corrected chi connectivity index (χ4v) is 8.20. The number of likely N-dealkylation sites (tertiary alicyclic amines) is 2. The summed E-state index contributed by atoms with van der Waals surface area (Å²) in [6, 6.07) is 38.4. The van der Waals surface area contributed by atoms with Gasteiger partial charge < -0.3 is 14.7 Å². The number of halogens is 2. The average Bonchev–Trinajstić information content (AvgIpc) is 3.57. The first-order chi connectivity index (χ1) is 24.8. The molecule has 2 aliphatic rings. The number of carbonyl (C=O) groups is 1. The number of rotatable bonds is 12. The Morgan fingerprint density at radius 3 is 2.27 bits per heavy atom. The first-order valence-corrected chi connectivity index (χ1v) is 18.2. The van der Waals surface area contributed by atoms with Gasteiger partial charge in [0.05, 0.1) is 5.60 Å². The van der Waals surface area contributed by atoms with Gasteiger partial charge in [0.15, 0.2) is 11.6 Å². The second-order valence-electron chi connectivity index (χ2n) is 14.4. The molecule has 3 atom stereocenters. The van der Waals surface area contributed by atoms with Crippen molar-refractivity contribution in [1.82, 2.24) is 9.80 Å². The molecular formula is C44H46F2N2O3. The highest BCUT2D eigenvalue weighted by Gasteiger charge is 2.42. The molecule has 0 aromatic heterocycles. The molecule has 2 heterocycles. The summed E-state index contributed by atoms with van der Waals surface area (Å²) in [6.07, 6.45) is 3.28.